The summed E-state index contributed by atoms with van der Waals surface area (Å²) in [4.78, 5) is 67.8. The molecule has 0 saturated carbocycles. The average Bonchev–Trinajstić information content (AvgIpc) is 3.25. The van der Waals surface area contributed by atoms with Crippen molar-refractivity contribution in [2.24, 2.45) is 0 Å². The van der Waals surface area contributed by atoms with E-state index in [0.717, 1.165) is 9.13 Å². The number of carbonyl (C=O) groups is 3. The van der Waals surface area contributed by atoms with Gasteiger partial charge in [-0.2, -0.15) is 16.7 Å². The van der Waals surface area contributed by atoms with Crippen LogP contribution in [-0.2, 0) is 35.1 Å². The molecule has 2 N–H and O–H groups in total. The maximum atomic E-state index is 13.4. The Bertz CT molecular complexity index is 1310. The van der Waals surface area contributed by atoms with Crippen molar-refractivity contribution in [1.29, 1.82) is 0 Å². The number of amides is 1. The minimum Gasteiger partial charge on any atom is -0.459 e. The molecule has 0 aliphatic carbocycles. The Morgan fingerprint density at radius 2 is 2.03 bits per heavy atom. The number of imidazole rings is 1. The summed E-state index contributed by atoms with van der Waals surface area (Å²) in [6.07, 6.45) is 3.74. The van der Waals surface area contributed by atoms with Crippen molar-refractivity contribution in [3.8, 4) is 12.3 Å². The van der Waals surface area contributed by atoms with E-state index in [0.29, 0.717) is 5.75 Å². The van der Waals surface area contributed by atoms with Crippen LogP contribution in [0.4, 0.5) is 5.95 Å². The Kier molecular flexibility index (Phi) is 8.03. The molecule has 0 bridgehead atoms. The minimum absolute atomic E-state index is 0.110. The monoisotopic (exact) mass is 507 g/mol. The van der Waals surface area contributed by atoms with Gasteiger partial charge in [0.25, 0.3) is 5.56 Å². The van der Waals surface area contributed by atoms with Gasteiger partial charge in [0.15, 0.2) is 17.4 Å². The van der Waals surface area contributed by atoms with Gasteiger partial charge in [0.1, 0.15) is 18.3 Å². The summed E-state index contributed by atoms with van der Waals surface area (Å²) >= 11 is 1.42. The highest BCUT2D eigenvalue weighted by Gasteiger charge is 2.45. The molecule has 35 heavy (non-hydrogen) atoms. The summed E-state index contributed by atoms with van der Waals surface area (Å²) in [5.41, 5.74) is -1.72. The largest absolute Gasteiger partial charge is 0.459 e. The van der Waals surface area contributed by atoms with Crippen LogP contribution in [0.5, 0.6) is 0 Å². The number of nitrogens with one attached hydrogen (secondary N) is 2. The molecule has 1 saturated heterocycles. The first-order valence-electron chi connectivity index (χ1n) is 10.5. The van der Waals surface area contributed by atoms with E-state index in [9.17, 15) is 24.0 Å². The number of aromatic nitrogens is 4. The summed E-state index contributed by atoms with van der Waals surface area (Å²) in [5, 5.41) is 2.37. The first kappa shape index (κ1) is 26.0. The van der Waals surface area contributed by atoms with Crippen molar-refractivity contribution in [3.05, 3.63) is 20.8 Å². The van der Waals surface area contributed by atoms with E-state index in [2.05, 4.69) is 21.2 Å². The lowest BCUT2D eigenvalue weighted by atomic mass is 10.1. The second-order valence-electron chi connectivity index (χ2n) is 7.76. The van der Waals surface area contributed by atoms with Crippen LogP contribution in [-0.4, -0.2) is 67.3 Å². The van der Waals surface area contributed by atoms with Gasteiger partial charge >= 0.3 is 17.6 Å². The van der Waals surface area contributed by atoms with Crippen molar-refractivity contribution in [1.82, 2.24) is 19.1 Å². The number of H-pyrrole nitrogens is 1. The SMILES string of the molecule is C#CCn1c(=O)n([C@@H]2O[C@H](C(CSC)OC(C)=O)C[C@H]2OC(C)=O)c2nc(NC(C)=O)[nH]c(=O)c21. The molecule has 1 amide bonds. The summed E-state index contributed by atoms with van der Waals surface area (Å²) in [5.74, 6) is 0.875. The number of aromatic amines is 1. The summed E-state index contributed by atoms with van der Waals surface area (Å²) in [6, 6.07) is 0. The number of hydrogen-bond acceptors (Lipinski definition) is 10. The molecule has 14 heteroatoms. The number of hydrogen-bond donors (Lipinski definition) is 2. The van der Waals surface area contributed by atoms with Crippen LogP contribution in [0.1, 0.15) is 33.4 Å². The fraction of sp³-hybridized carbons (Fsp3) is 0.524. The highest BCUT2D eigenvalue weighted by molar-refractivity contribution is 7.98. The molecule has 3 rings (SSSR count). The molecule has 0 aromatic carbocycles. The maximum Gasteiger partial charge on any atom is 0.333 e. The number of nitrogens with zero attached hydrogens (tertiary/aromatic N) is 3. The molecule has 3 heterocycles. The highest BCUT2D eigenvalue weighted by Crippen LogP contribution is 2.35. The van der Waals surface area contributed by atoms with E-state index < -0.39 is 53.6 Å². The topological polar surface area (TPSA) is 164 Å². The van der Waals surface area contributed by atoms with Crippen molar-refractivity contribution in [2.75, 3.05) is 17.3 Å². The third-order valence-electron chi connectivity index (χ3n) is 5.09. The van der Waals surface area contributed by atoms with Crippen LogP contribution in [0.3, 0.4) is 0 Å². The molecule has 0 radical (unpaired) electrons. The van der Waals surface area contributed by atoms with Gasteiger partial charge < -0.3 is 14.2 Å². The molecule has 1 aliphatic heterocycles. The molecule has 4 atom stereocenters. The number of rotatable bonds is 8. The Hall–Kier alpha value is -3.57. The Labute approximate surface area is 203 Å². The van der Waals surface area contributed by atoms with Gasteiger partial charge in [0.05, 0.1) is 6.54 Å². The van der Waals surface area contributed by atoms with E-state index >= 15 is 0 Å². The standard InChI is InChI=1S/C21H25N5O8S/c1-6-7-25-16-17(23-20(22-10(2)27)24-18(16)30)26(21(25)31)19-14(32-11(3)28)8-13(34-19)15(9-35-5)33-12(4)29/h1,13-15,19H,7-9H2,2-5H3,(H2,22,23,24,27,30)/t13-,14+,15?,19+/m0/s1. The van der Waals surface area contributed by atoms with Gasteiger partial charge in [-0.25, -0.2) is 9.36 Å². The summed E-state index contributed by atoms with van der Waals surface area (Å²) in [6.45, 7) is 3.45. The predicted molar refractivity (Wildman–Crippen MR) is 126 cm³/mol. The van der Waals surface area contributed by atoms with E-state index in [1.807, 2.05) is 6.26 Å². The van der Waals surface area contributed by atoms with Crippen molar-refractivity contribution < 1.29 is 28.6 Å². The smallest absolute Gasteiger partial charge is 0.333 e. The maximum absolute atomic E-state index is 13.4. The van der Waals surface area contributed by atoms with Gasteiger partial charge in [-0.15, -0.1) is 6.42 Å². The van der Waals surface area contributed by atoms with Gasteiger partial charge in [-0.1, -0.05) is 5.92 Å². The van der Waals surface area contributed by atoms with Crippen LogP contribution in [0, 0.1) is 12.3 Å². The van der Waals surface area contributed by atoms with Crippen molar-refractivity contribution in [3.63, 3.8) is 0 Å². The number of anilines is 1. The van der Waals surface area contributed by atoms with Crippen molar-refractivity contribution >= 4 is 46.7 Å². The van der Waals surface area contributed by atoms with Gasteiger partial charge in [0, 0.05) is 32.9 Å². The number of esters is 2. The molecule has 1 aliphatic rings. The molecule has 1 unspecified atom stereocenters. The molecule has 2 aromatic rings. The van der Waals surface area contributed by atoms with Gasteiger partial charge in [-0.3, -0.25) is 34.0 Å². The van der Waals surface area contributed by atoms with Crippen LogP contribution in [0.15, 0.2) is 9.59 Å². The lowest BCUT2D eigenvalue weighted by Crippen LogP contribution is -2.34. The number of fused-ring (bicyclic) bond motifs is 1. The highest BCUT2D eigenvalue weighted by atomic mass is 32.2. The number of ether oxygens (including phenoxy) is 3. The molecule has 0 spiro atoms. The van der Waals surface area contributed by atoms with E-state index in [4.69, 9.17) is 20.6 Å². The van der Waals surface area contributed by atoms with Crippen LogP contribution < -0.4 is 16.6 Å². The van der Waals surface area contributed by atoms with Crippen LogP contribution in [0.25, 0.3) is 11.2 Å². The molecule has 2 aromatic heterocycles. The Morgan fingerprint density at radius 3 is 2.60 bits per heavy atom. The number of terminal acetylenes is 1. The third kappa shape index (κ3) is 5.57. The Balaban J connectivity index is 2.19. The molecular formula is C21H25N5O8S. The van der Waals surface area contributed by atoms with Gasteiger partial charge in [-0.05, 0) is 6.26 Å². The first-order valence-corrected chi connectivity index (χ1v) is 11.9. The lowest BCUT2D eigenvalue weighted by molar-refractivity contribution is -0.156. The van der Waals surface area contributed by atoms with Crippen LogP contribution in [0.2, 0.25) is 0 Å². The fourth-order valence-corrected chi connectivity index (χ4v) is 4.54. The molecular weight excluding hydrogens is 482 g/mol. The summed E-state index contributed by atoms with van der Waals surface area (Å²) in [7, 11) is 0. The van der Waals surface area contributed by atoms with E-state index in [1.54, 1.807) is 0 Å². The average molecular weight is 508 g/mol. The van der Waals surface area contributed by atoms with E-state index in [1.165, 1.54) is 32.5 Å². The van der Waals surface area contributed by atoms with Crippen molar-refractivity contribution in [2.45, 2.75) is 58.3 Å². The Morgan fingerprint density at radius 1 is 1.31 bits per heavy atom. The summed E-state index contributed by atoms with van der Waals surface area (Å²) < 4.78 is 19.0. The molecule has 1 fully saturated rings. The quantitative estimate of drug-likeness (QED) is 0.367. The molecule has 13 nitrogen and oxygen atoms in total. The fourth-order valence-electron chi connectivity index (χ4n) is 3.92. The zero-order valence-corrected chi connectivity index (χ0v) is 20.3. The number of carbonyl (C=O) groups excluding carboxylic acids is 3. The third-order valence-corrected chi connectivity index (χ3v) is 5.75. The first-order chi connectivity index (χ1) is 16.6. The normalized spacial score (nSPS) is 20.3. The van der Waals surface area contributed by atoms with Gasteiger partial charge in [0.2, 0.25) is 11.9 Å². The predicted octanol–water partition coefficient (Wildman–Crippen LogP) is -0.00820. The zero-order valence-electron chi connectivity index (χ0n) is 19.5. The van der Waals surface area contributed by atoms with E-state index in [-0.39, 0.29) is 30.1 Å². The van der Waals surface area contributed by atoms with Crippen LogP contribution >= 0.6 is 11.8 Å². The minimum atomic E-state index is -1.21. The second kappa shape index (κ2) is 10.8. The second-order valence-corrected chi connectivity index (χ2v) is 8.67. The number of thioether (sulfide) groups is 1. The molecule has 188 valence electrons. The lowest BCUT2D eigenvalue weighted by Gasteiger charge is -2.22. The zero-order chi connectivity index (χ0) is 25.9.